The van der Waals surface area contributed by atoms with E-state index in [2.05, 4.69) is 0 Å². The highest BCUT2D eigenvalue weighted by Crippen LogP contribution is 2.36. The number of carbonyl (C=O) groups excluding carboxylic acids is 2. The van der Waals surface area contributed by atoms with Crippen LogP contribution in [0.2, 0.25) is 0 Å². The number of hydrogen-bond acceptors (Lipinski definition) is 20. The summed E-state index contributed by atoms with van der Waals surface area (Å²) in [5.74, 6) is -4.63. The molecule has 5 rings (SSSR count). The molecule has 5 aliphatic rings. The van der Waals surface area contributed by atoms with Gasteiger partial charge in [0.05, 0.1) is 122 Å². The van der Waals surface area contributed by atoms with Gasteiger partial charge < -0.3 is 88.2 Å². The van der Waals surface area contributed by atoms with Crippen molar-refractivity contribution in [1.29, 1.82) is 0 Å². The Morgan fingerprint density at radius 2 is 0.938 bits per heavy atom. The fraction of sp³-hybridized carbons (Fsp3) is 0.818. The summed E-state index contributed by atoms with van der Waals surface area (Å²) in [6, 6.07) is 0. The fourth-order valence-corrected chi connectivity index (χ4v) is 15.0. The number of aliphatic hydroxyl groups excluding tert-OH is 8. The quantitative estimate of drug-likeness (QED) is 0.0593. The van der Waals surface area contributed by atoms with E-state index in [9.17, 15) is 50.4 Å². The van der Waals surface area contributed by atoms with Crippen molar-refractivity contribution >= 4 is 11.9 Å². The van der Waals surface area contributed by atoms with Crippen LogP contribution in [0.5, 0.6) is 0 Å². The standard InChI is InChI=1S/C77H130O20/c1-45-22-28-56(78)36-60-19-17-21-62(95-60)43-71(91-15)52(8)68(82)44-69(83)53(9)76(87)55(11)77(48(4)27-31-64-41-66(89-13)35-50(6)93-64)97-74(85)33-25-46(2)23-29-57(79)37-59-18-16-20-61(94-59)42-70(90-14)51(7)67(81)38-58(80)39-72(96-73(84)32-24-45)54(10)75(86)47(3)26-30-63-40-65(88-12)34-49(5)92-63/h16-19,22-25,32-33,47-72,75-83,86-87H,20-21,26-31,34-44H2,1-15H3/b32-24+,33-25+,45-22+,46-23+/t47-,48-,49-,50-,51-,52-,53-,54+,55+,56-,57-,58+,59?,60?,61?,62?,63?,64?,65+,66+,67-,68-,69+,70-,71-,72?,75-,76-,77-/m0/s1. The molecular formula is C77H130O20. The zero-order valence-corrected chi connectivity index (χ0v) is 61.4. The average Bonchev–Trinajstić information content (AvgIpc) is 1.22. The number of fused-ring (bicyclic) bond motifs is 4. The van der Waals surface area contributed by atoms with Gasteiger partial charge in [-0.2, -0.15) is 0 Å². The highest BCUT2D eigenvalue weighted by Gasteiger charge is 2.41. The smallest absolute Gasteiger partial charge is 0.331 e. The molecule has 0 aliphatic carbocycles. The molecule has 0 saturated carbocycles. The molecule has 20 heteroatoms. The molecule has 0 amide bonds. The van der Waals surface area contributed by atoms with Crippen LogP contribution < -0.4 is 0 Å². The lowest BCUT2D eigenvalue weighted by Gasteiger charge is -2.38. The van der Waals surface area contributed by atoms with Gasteiger partial charge in [0.2, 0.25) is 0 Å². The molecule has 8 N–H and O–H groups in total. The molecule has 558 valence electrons. The third kappa shape index (κ3) is 28.8. The lowest BCUT2D eigenvalue weighted by atomic mass is 9.79. The number of ether oxygens (including phenoxy) is 10. The van der Waals surface area contributed by atoms with E-state index < -0.39 is 127 Å². The summed E-state index contributed by atoms with van der Waals surface area (Å²) in [5, 5.41) is 93.5. The molecule has 0 spiro atoms. The Balaban J connectivity index is 1.35. The first-order chi connectivity index (χ1) is 46.0. The lowest BCUT2D eigenvalue weighted by molar-refractivity contribution is -0.155. The Labute approximate surface area is 581 Å². The molecule has 7 unspecified atom stereocenters. The van der Waals surface area contributed by atoms with Crippen molar-refractivity contribution in [3.8, 4) is 0 Å². The van der Waals surface area contributed by atoms with E-state index >= 15 is 0 Å². The van der Waals surface area contributed by atoms with E-state index in [1.165, 1.54) is 12.2 Å². The van der Waals surface area contributed by atoms with E-state index in [0.29, 0.717) is 69.8 Å². The molecule has 0 aromatic rings. The zero-order chi connectivity index (χ0) is 71.6. The number of aliphatic hydroxyl groups is 8. The van der Waals surface area contributed by atoms with Gasteiger partial charge in [-0.05, 0) is 129 Å². The molecule has 29 atom stereocenters. The van der Waals surface area contributed by atoms with Crippen LogP contribution in [0.3, 0.4) is 0 Å². The summed E-state index contributed by atoms with van der Waals surface area (Å²) < 4.78 is 61.2. The Morgan fingerprint density at radius 1 is 0.485 bits per heavy atom. The summed E-state index contributed by atoms with van der Waals surface area (Å²) in [4.78, 5) is 27.6. The SMILES string of the molecule is CO[C@H]1CC(CC[C@H](C)[C@H](O)[C@H](C)C2C[C@H](O)C[C@H](O)[C@H](C)[C@@H](OC)CC3CC=CC(C[C@@H](O)C/C=C(C)/C=C/C(=O)O[C@@H]([C@@H](C)CCC4C[C@H](OC)C[C@H](C)O4)[C@H](C)[C@@H](O)[C@@H](C)[C@H](O)C[C@H](O)[C@H](C)[C@@H](OC)CC4CC=CC(C[C@@H](O)C/C=C(C)/C=C/C(=O)O2)O4)O3)O[C@@H](C)C1. The molecule has 20 nitrogen and oxygen atoms in total. The first-order valence-electron chi connectivity index (χ1n) is 36.6. The van der Waals surface area contributed by atoms with E-state index in [1.807, 2.05) is 106 Å². The first kappa shape index (κ1) is 84.4. The summed E-state index contributed by atoms with van der Waals surface area (Å²) >= 11 is 0. The number of hydrogen-bond donors (Lipinski definition) is 8. The Morgan fingerprint density at radius 3 is 1.41 bits per heavy atom. The molecule has 5 heterocycles. The first-order valence-corrected chi connectivity index (χ1v) is 36.6. The maximum atomic E-state index is 13.8. The second kappa shape index (κ2) is 43.0. The minimum atomic E-state index is -1.14. The van der Waals surface area contributed by atoms with Crippen LogP contribution in [-0.2, 0) is 57.0 Å². The molecule has 0 aromatic carbocycles. The second-order valence-electron chi connectivity index (χ2n) is 29.9. The normalized spacial score (nSPS) is 41.7. The molecule has 2 fully saturated rings. The fourth-order valence-electron chi connectivity index (χ4n) is 15.0. The number of rotatable bonds is 14. The van der Waals surface area contributed by atoms with Crippen molar-refractivity contribution in [2.45, 2.75) is 332 Å². The van der Waals surface area contributed by atoms with Crippen molar-refractivity contribution in [3.05, 3.63) is 71.9 Å². The predicted molar refractivity (Wildman–Crippen MR) is 373 cm³/mol. The van der Waals surface area contributed by atoms with Crippen molar-refractivity contribution in [2.75, 3.05) is 28.4 Å². The second-order valence-corrected chi connectivity index (χ2v) is 29.9. The van der Waals surface area contributed by atoms with E-state index in [4.69, 9.17) is 47.4 Å². The third-order valence-electron chi connectivity index (χ3n) is 21.8. The number of carbonyl (C=O) groups is 2. The Kier molecular flexibility index (Phi) is 37.4. The van der Waals surface area contributed by atoms with Gasteiger partial charge in [0.25, 0.3) is 0 Å². The van der Waals surface area contributed by atoms with Gasteiger partial charge in [0, 0.05) is 102 Å². The van der Waals surface area contributed by atoms with Gasteiger partial charge in [0.15, 0.2) is 0 Å². The van der Waals surface area contributed by atoms with Crippen LogP contribution in [0.1, 0.15) is 198 Å². The van der Waals surface area contributed by atoms with Crippen molar-refractivity contribution < 1.29 is 97.8 Å². The number of esters is 2. The molecule has 0 aromatic heterocycles. The van der Waals surface area contributed by atoms with Gasteiger partial charge in [-0.15, -0.1) is 0 Å². The average molecular weight is 1380 g/mol. The summed E-state index contributed by atoms with van der Waals surface area (Å²) in [6.45, 7) is 20.8. The van der Waals surface area contributed by atoms with Crippen LogP contribution in [0.25, 0.3) is 0 Å². The monoisotopic (exact) mass is 1370 g/mol. The van der Waals surface area contributed by atoms with Gasteiger partial charge in [-0.1, -0.05) is 108 Å². The van der Waals surface area contributed by atoms with Crippen LogP contribution >= 0.6 is 0 Å². The lowest BCUT2D eigenvalue weighted by Crippen LogP contribution is -2.45. The van der Waals surface area contributed by atoms with Gasteiger partial charge in [0.1, 0.15) is 12.2 Å². The zero-order valence-electron chi connectivity index (χ0n) is 61.4. The molecular weight excluding hydrogens is 1240 g/mol. The van der Waals surface area contributed by atoms with Crippen LogP contribution in [0, 0.1) is 41.4 Å². The van der Waals surface area contributed by atoms with E-state index in [1.54, 1.807) is 47.5 Å². The largest absolute Gasteiger partial charge is 0.459 e. The van der Waals surface area contributed by atoms with E-state index in [0.717, 1.165) is 31.3 Å². The number of allylic oxidation sites excluding steroid dienone is 4. The minimum absolute atomic E-state index is 0.0252. The van der Waals surface area contributed by atoms with Crippen molar-refractivity contribution in [1.82, 2.24) is 0 Å². The van der Waals surface area contributed by atoms with E-state index in [-0.39, 0.29) is 92.8 Å². The number of methoxy groups -OCH3 is 4. The summed E-state index contributed by atoms with van der Waals surface area (Å²) in [5.41, 5.74) is 1.42. The maximum Gasteiger partial charge on any atom is 0.331 e. The molecule has 0 radical (unpaired) electrons. The maximum absolute atomic E-state index is 13.8. The van der Waals surface area contributed by atoms with Crippen molar-refractivity contribution in [2.24, 2.45) is 41.4 Å². The van der Waals surface area contributed by atoms with Gasteiger partial charge in [-0.3, -0.25) is 0 Å². The van der Waals surface area contributed by atoms with Crippen LogP contribution in [-0.4, -0.2) is 216 Å². The van der Waals surface area contributed by atoms with Crippen LogP contribution in [0.4, 0.5) is 0 Å². The minimum Gasteiger partial charge on any atom is -0.459 e. The molecule has 4 bridgehead atoms. The Hall–Kier alpha value is -3.26. The highest BCUT2D eigenvalue weighted by molar-refractivity contribution is 5.83. The predicted octanol–water partition coefficient (Wildman–Crippen LogP) is 9.86. The third-order valence-corrected chi connectivity index (χ3v) is 21.8. The molecule has 2 saturated heterocycles. The highest BCUT2D eigenvalue weighted by atomic mass is 16.6. The van der Waals surface area contributed by atoms with Gasteiger partial charge >= 0.3 is 11.9 Å². The molecule has 97 heavy (non-hydrogen) atoms. The van der Waals surface area contributed by atoms with Crippen LogP contribution in [0.15, 0.2) is 71.9 Å². The molecule has 5 aliphatic heterocycles. The number of cyclic esters (lactones) is 2. The topological polar surface area (TPSA) is 288 Å². The summed E-state index contributed by atoms with van der Waals surface area (Å²) in [6.07, 6.45) is 14.4. The Bertz CT molecular complexity index is 2450. The summed E-state index contributed by atoms with van der Waals surface area (Å²) in [7, 11) is 6.58. The van der Waals surface area contributed by atoms with Gasteiger partial charge in [-0.25, -0.2) is 9.59 Å². The van der Waals surface area contributed by atoms with Crippen molar-refractivity contribution in [3.63, 3.8) is 0 Å².